The maximum atomic E-state index is 7.48. The molecule has 0 unspecified atom stereocenters. The zero-order chi connectivity index (χ0) is 19.0. The summed E-state index contributed by atoms with van der Waals surface area (Å²) in [5.41, 5.74) is 12.8. The highest BCUT2D eigenvalue weighted by Gasteiger charge is 2.12. The molecule has 0 aliphatic carbocycles. The van der Waals surface area contributed by atoms with Gasteiger partial charge in [0.1, 0.15) is 11.6 Å². The van der Waals surface area contributed by atoms with Crippen molar-refractivity contribution in [3.05, 3.63) is 72.0 Å². The fraction of sp³-hybridized carbons (Fsp3) is 0. The summed E-state index contributed by atoms with van der Waals surface area (Å²) in [5, 5.41) is 14.9. The van der Waals surface area contributed by atoms with Gasteiger partial charge in [0.15, 0.2) is 11.6 Å². The number of amidine groups is 2. The molecule has 6 N–H and O–H groups in total. The third-order valence-electron chi connectivity index (χ3n) is 4.05. The van der Waals surface area contributed by atoms with Crippen LogP contribution in [0.25, 0.3) is 30.8 Å². The van der Waals surface area contributed by atoms with E-state index < -0.39 is 0 Å². The highest BCUT2D eigenvalue weighted by molar-refractivity contribution is 7.25. The molecule has 0 saturated carbocycles. The van der Waals surface area contributed by atoms with Crippen LogP contribution in [-0.2, 0) is 0 Å². The molecule has 0 radical (unpaired) electrons. The lowest BCUT2D eigenvalue weighted by atomic mass is 10.1. The second-order valence-electron chi connectivity index (χ2n) is 5.90. The fourth-order valence-corrected chi connectivity index (χ4v) is 4.73. The standard InChI is InChI=1S/C20H16N4OS2/c21-19(22)12-3-1-11(2-4-12)15-7-9-17(26-15)18-10-8-16(27-18)13-5-6-14(25-13)20(23)24/h1-10H,(H3,21,22)(H3,23,24). The van der Waals surface area contributed by atoms with Crippen molar-refractivity contribution in [2.24, 2.45) is 11.5 Å². The number of nitrogens with two attached hydrogens (primary N) is 2. The molecule has 3 heterocycles. The Morgan fingerprint density at radius 3 is 1.85 bits per heavy atom. The summed E-state index contributed by atoms with van der Waals surface area (Å²) in [5.74, 6) is 1.10. The van der Waals surface area contributed by atoms with Crippen molar-refractivity contribution >= 4 is 34.3 Å². The number of rotatable bonds is 5. The molecule has 4 rings (SSSR count). The first kappa shape index (κ1) is 17.3. The average Bonchev–Trinajstić information content (AvgIpc) is 3.40. The van der Waals surface area contributed by atoms with Gasteiger partial charge >= 0.3 is 0 Å². The molecule has 3 aromatic heterocycles. The van der Waals surface area contributed by atoms with Crippen molar-refractivity contribution in [1.82, 2.24) is 0 Å². The second kappa shape index (κ2) is 6.86. The van der Waals surface area contributed by atoms with Crippen LogP contribution >= 0.6 is 22.7 Å². The molecule has 0 spiro atoms. The Labute approximate surface area is 163 Å². The maximum Gasteiger partial charge on any atom is 0.169 e. The van der Waals surface area contributed by atoms with E-state index in [-0.39, 0.29) is 11.7 Å². The molecule has 0 aliphatic rings. The predicted molar refractivity (Wildman–Crippen MR) is 113 cm³/mol. The number of benzene rings is 1. The van der Waals surface area contributed by atoms with Crippen LogP contribution in [0.1, 0.15) is 11.3 Å². The van der Waals surface area contributed by atoms with Crippen molar-refractivity contribution in [2.75, 3.05) is 0 Å². The van der Waals surface area contributed by atoms with Crippen molar-refractivity contribution in [3.63, 3.8) is 0 Å². The lowest BCUT2D eigenvalue weighted by molar-refractivity contribution is 0.572. The molecule has 0 saturated heterocycles. The van der Waals surface area contributed by atoms with Crippen LogP contribution in [0, 0.1) is 10.8 Å². The van der Waals surface area contributed by atoms with Gasteiger partial charge in [0.25, 0.3) is 0 Å². The Kier molecular flexibility index (Phi) is 4.39. The van der Waals surface area contributed by atoms with Crippen LogP contribution in [0.4, 0.5) is 0 Å². The highest BCUT2D eigenvalue weighted by atomic mass is 32.1. The van der Waals surface area contributed by atoms with Crippen molar-refractivity contribution in [3.8, 4) is 30.8 Å². The molecule has 0 fully saturated rings. The molecule has 0 aliphatic heterocycles. The molecule has 0 atom stereocenters. The zero-order valence-corrected chi connectivity index (χ0v) is 15.8. The number of thiophene rings is 2. The lowest BCUT2D eigenvalue weighted by Gasteiger charge is -2.00. The first-order chi connectivity index (χ1) is 13.0. The van der Waals surface area contributed by atoms with Crippen LogP contribution in [0.15, 0.2) is 65.1 Å². The van der Waals surface area contributed by atoms with Gasteiger partial charge in [0.2, 0.25) is 0 Å². The van der Waals surface area contributed by atoms with E-state index in [1.54, 1.807) is 28.7 Å². The van der Waals surface area contributed by atoms with Gasteiger partial charge in [0, 0.05) is 20.2 Å². The summed E-state index contributed by atoms with van der Waals surface area (Å²) >= 11 is 3.35. The number of nitrogen functional groups attached to an aromatic ring is 2. The van der Waals surface area contributed by atoms with Crippen molar-refractivity contribution < 1.29 is 4.42 Å². The zero-order valence-electron chi connectivity index (χ0n) is 14.2. The van der Waals surface area contributed by atoms with Gasteiger partial charge in [0.05, 0.1) is 4.88 Å². The Hall–Kier alpha value is -3.16. The number of hydrogen-bond acceptors (Lipinski definition) is 5. The highest BCUT2D eigenvalue weighted by Crippen LogP contribution is 2.40. The Morgan fingerprint density at radius 1 is 0.667 bits per heavy atom. The normalized spacial score (nSPS) is 10.8. The molecular weight excluding hydrogens is 376 g/mol. The van der Waals surface area contributed by atoms with Gasteiger partial charge in [-0.2, -0.15) is 0 Å². The molecule has 0 amide bonds. The minimum atomic E-state index is -0.0725. The molecule has 7 heteroatoms. The van der Waals surface area contributed by atoms with Gasteiger partial charge in [-0.15, -0.1) is 22.7 Å². The van der Waals surface area contributed by atoms with Crippen molar-refractivity contribution in [1.29, 1.82) is 10.8 Å². The average molecular weight is 393 g/mol. The quantitative estimate of drug-likeness (QED) is 0.284. The van der Waals surface area contributed by atoms with E-state index in [4.69, 9.17) is 26.7 Å². The minimum Gasteiger partial charge on any atom is -0.452 e. The number of hydrogen-bond donors (Lipinski definition) is 4. The SMILES string of the molecule is N=C(N)c1ccc(-c2ccc(-c3ccc(-c4ccc(C(=N)N)o4)s3)s2)cc1. The molecule has 134 valence electrons. The first-order valence-electron chi connectivity index (χ1n) is 8.11. The molecule has 4 aromatic rings. The van der Waals surface area contributed by atoms with Crippen LogP contribution in [0.3, 0.4) is 0 Å². The third-order valence-corrected chi connectivity index (χ3v) is 6.48. The number of nitrogens with one attached hydrogen (secondary N) is 2. The first-order valence-corrected chi connectivity index (χ1v) is 9.74. The van der Waals surface area contributed by atoms with Gasteiger partial charge in [-0.05, 0) is 42.0 Å². The van der Waals surface area contributed by atoms with Crippen LogP contribution in [-0.4, -0.2) is 11.7 Å². The van der Waals surface area contributed by atoms with E-state index in [2.05, 4.69) is 18.2 Å². The lowest BCUT2D eigenvalue weighted by Crippen LogP contribution is -2.10. The third kappa shape index (κ3) is 3.42. The van der Waals surface area contributed by atoms with Gasteiger partial charge < -0.3 is 15.9 Å². The predicted octanol–water partition coefficient (Wildman–Crippen LogP) is 4.97. The number of furan rings is 1. The Morgan fingerprint density at radius 2 is 1.26 bits per heavy atom. The summed E-state index contributed by atoms with van der Waals surface area (Å²) in [6.45, 7) is 0. The van der Waals surface area contributed by atoms with E-state index in [1.165, 1.54) is 4.88 Å². The van der Waals surface area contributed by atoms with Gasteiger partial charge in [-0.3, -0.25) is 10.8 Å². The molecule has 0 bridgehead atoms. The smallest absolute Gasteiger partial charge is 0.169 e. The maximum absolute atomic E-state index is 7.48. The Balaban J connectivity index is 1.59. The monoisotopic (exact) mass is 392 g/mol. The van der Waals surface area contributed by atoms with Gasteiger partial charge in [-0.25, -0.2) is 0 Å². The minimum absolute atomic E-state index is 0.0725. The topological polar surface area (TPSA) is 113 Å². The van der Waals surface area contributed by atoms with E-state index in [1.807, 2.05) is 36.4 Å². The van der Waals surface area contributed by atoms with Crippen LogP contribution in [0.2, 0.25) is 0 Å². The summed E-state index contributed by atoms with van der Waals surface area (Å²) in [6.07, 6.45) is 0. The van der Waals surface area contributed by atoms with E-state index >= 15 is 0 Å². The summed E-state index contributed by atoms with van der Waals surface area (Å²) in [7, 11) is 0. The molecule has 5 nitrogen and oxygen atoms in total. The summed E-state index contributed by atoms with van der Waals surface area (Å²) in [6, 6.07) is 19.5. The van der Waals surface area contributed by atoms with Crippen LogP contribution in [0.5, 0.6) is 0 Å². The van der Waals surface area contributed by atoms with E-state index in [0.717, 1.165) is 25.8 Å². The van der Waals surface area contributed by atoms with E-state index in [0.29, 0.717) is 11.5 Å². The molecular formula is C20H16N4OS2. The summed E-state index contributed by atoms with van der Waals surface area (Å²) in [4.78, 5) is 4.49. The van der Waals surface area contributed by atoms with Crippen molar-refractivity contribution in [2.45, 2.75) is 0 Å². The second-order valence-corrected chi connectivity index (χ2v) is 8.06. The summed E-state index contributed by atoms with van der Waals surface area (Å²) < 4.78 is 5.62. The molecule has 27 heavy (non-hydrogen) atoms. The molecule has 1 aromatic carbocycles. The van der Waals surface area contributed by atoms with E-state index in [9.17, 15) is 0 Å². The van der Waals surface area contributed by atoms with Gasteiger partial charge in [-0.1, -0.05) is 24.3 Å². The Bertz CT molecular complexity index is 1130. The largest absolute Gasteiger partial charge is 0.452 e. The van der Waals surface area contributed by atoms with Crippen LogP contribution < -0.4 is 11.5 Å². The fourth-order valence-electron chi connectivity index (χ4n) is 2.66.